The predicted molar refractivity (Wildman–Crippen MR) is 50.4 cm³/mol. The van der Waals surface area contributed by atoms with Crippen molar-refractivity contribution in [3.63, 3.8) is 0 Å². The van der Waals surface area contributed by atoms with E-state index in [0.29, 0.717) is 0 Å². The summed E-state index contributed by atoms with van der Waals surface area (Å²) < 4.78 is 5.52. The first kappa shape index (κ1) is 8.18. The first-order chi connectivity index (χ1) is 6.34. The lowest BCUT2D eigenvalue weighted by Gasteiger charge is -1.97. The molecule has 13 heavy (non-hydrogen) atoms. The molecule has 2 aromatic rings. The second-order valence-corrected chi connectivity index (χ2v) is 3.48. The van der Waals surface area contributed by atoms with Crippen LogP contribution >= 0.6 is 11.5 Å². The number of nitrogens with zero attached hydrogens (tertiary/aromatic N) is 4. The van der Waals surface area contributed by atoms with Crippen molar-refractivity contribution in [1.29, 1.82) is 0 Å². The zero-order valence-corrected chi connectivity index (χ0v) is 7.95. The fraction of sp³-hybridized carbons (Fsp3) is 0.286. The Kier molecular flexibility index (Phi) is 2.22. The third kappa shape index (κ3) is 2.03. The molecule has 0 unspecified atom stereocenters. The van der Waals surface area contributed by atoms with Gasteiger partial charge < -0.3 is 5.32 Å². The van der Waals surface area contributed by atoms with Crippen molar-refractivity contribution < 1.29 is 0 Å². The van der Waals surface area contributed by atoms with Crippen molar-refractivity contribution in [2.75, 3.05) is 5.32 Å². The summed E-state index contributed by atoms with van der Waals surface area (Å²) >= 11 is 1.39. The van der Waals surface area contributed by atoms with Crippen LogP contribution in [0.5, 0.6) is 0 Å². The largest absolute Gasteiger partial charge is 0.364 e. The Bertz CT molecular complexity index is 366. The van der Waals surface area contributed by atoms with E-state index >= 15 is 0 Å². The molecule has 0 atom stereocenters. The molecule has 0 saturated heterocycles. The van der Waals surface area contributed by atoms with Gasteiger partial charge >= 0.3 is 0 Å². The molecule has 68 valence electrons. The highest BCUT2D eigenvalue weighted by molar-refractivity contribution is 7.05. The first-order valence-corrected chi connectivity index (χ1v) is 4.62. The molecule has 0 spiro atoms. The van der Waals surface area contributed by atoms with Gasteiger partial charge in [-0.15, -0.1) is 5.10 Å². The third-order valence-electron chi connectivity index (χ3n) is 1.56. The van der Waals surface area contributed by atoms with Crippen LogP contribution in [-0.2, 0) is 13.6 Å². The lowest BCUT2D eigenvalue weighted by atomic mass is 10.5. The minimum atomic E-state index is 0.731. The van der Waals surface area contributed by atoms with Crippen molar-refractivity contribution in [3.8, 4) is 0 Å². The van der Waals surface area contributed by atoms with Crippen molar-refractivity contribution in [1.82, 2.24) is 19.4 Å². The van der Waals surface area contributed by atoms with Crippen LogP contribution in [0.1, 0.15) is 4.88 Å². The van der Waals surface area contributed by atoms with Gasteiger partial charge in [0.2, 0.25) is 0 Å². The topological polar surface area (TPSA) is 55.6 Å². The molecular formula is C7H9N5S. The SMILES string of the molecule is Cn1ccc(NCc2cnns2)n1. The predicted octanol–water partition coefficient (Wildman–Crippen LogP) is 0.884. The number of aromatic nitrogens is 4. The van der Waals surface area contributed by atoms with Gasteiger partial charge in [0, 0.05) is 19.3 Å². The van der Waals surface area contributed by atoms with E-state index in [1.54, 1.807) is 10.9 Å². The second kappa shape index (κ2) is 3.53. The van der Waals surface area contributed by atoms with E-state index in [-0.39, 0.29) is 0 Å². The fourth-order valence-corrected chi connectivity index (χ4v) is 1.38. The molecule has 0 radical (unpaired) electrons. The monoisotopic (exact) mass is 195 g/mol. The van der Waals surface area contributed by atoms with Gasteiger partial charge in [-0.05, 0) is 11.5 Å². The molecular weight excluding hydrogens is 186 g/mol. The average molecular weight is 195 g/mol. The number of hydrogen-bond donors (Lipinski definition) is 1. The molecule has 2 heterocycles. The van der Waals surface area contributed by atoms with Gasteiger partial charge in [-0.1, -0.05) is 4.49 Å². The van der Waals surface area contributed by atoms with E-state index in [1.807, 2.05) is 19.3 Å². The minimum Gasteiger partial charge on any atom is -0.364 e. The highest BCUT2D eigenvalue weighted by atomic mass is 32.1. The molecule has 2 rings (SSSR count). The average Bonchev–Trinajstić information content (AvgIpc) is 2.71. The number of anilines is 1. The van der Waals surface area contributed by atoms with Gasteiger partial charge in [0.25, 0.3) is 0 Å². The summed E-state index contributed by atoms with van der Waals surface area (Å²) in [6.45, 7) is 0.731. The van der Waals surface area contributed by atoms with E-state index in [4.69, 9.17) is 0 Å². The van der Waals surface area contributed by atoms with Crippen LogP contribution in [0, 0.1) is 0 Å². The number of aryl methyl sites for hydroxylation is 1. The van der Waals surface area contributed by atoms with E-state index in [9.17, 15) is 0 Å². The highest BCUT2D eigenvalue weighted by Crippen LogP contribution is 2.06. The molecule has 0 bridgehead atoms. The maximum atomic E-state index is 4.18. The second-order valence-electron chi connectivity index (χ2n) is 2.61. The Morgan fingerprint density at radius 2 is 2.54 bits per heavy atom. The Labute approximate surface area is 79.6 Å². The molecule has 2 aromatic heterocycles. The van der Waals surface area contributed by atoms with Gasteiger partial charge in [-0.2, -0.15) is 5.10 Å². The Hall–Kier alpha value is -1.43. The van der Waals surface area contributed by atoms with Crippen LogP contribution in [0.25, 0.3) is 0 Å². The first-order valence-electron chi connectivity index (χ1n) is 3.84. The van der Waals surface area contributed by atoms with Crippen LogP contribution in [0.4, 0.5) is 5.82 Å². The van der Waals surface area contributed by atoms with Crippen LogP contribution < -0.4 is 5.32 Å². The highest BCUT2D eigenvalue weighted by Gasteiger charge is 1.97. The summed E-state index contributed by atoms with van der Waals surface area (Å²) in [5, 5.41) is 11.1. The van der Waals surface area contributed by atoms with Crippen molar-refractivity contribution >= 4 is 17.4 Å². The van der Waals surface area contributed by atoms with Gasteiger partial charge in [0.15, 0.2) is 0 Å². The lowest BCUT2D eigenvalue weighted by molar-refractivity contribution is 0.768. The number of hydrogen-bond acceptors (Lipinski definition) is 5. The summed E-state index contributed by atoms with van der Waals surface area (Å²) in [7, 11) is 1.89. The maximum absolute atomic E-state index is 4.18. The molecule has 0 aromatic carbocycles. The number of nitrogens with one attached hydrogen (secondary N) is 1. The van der Waals surface area contributed by atoms with Crippen molar-refractivity contribution in [2.45, 2.75) is 6.54 Å². The molecule has 0 aliphatic rings. The zero-order valence-electron chi connectivity index (χ0n) is 7.14. The fourth-order valence-electron chi connectivity index (χ4n) is 0.952. The van der Waals surface area contributed by atoms with Crippen molar-refractivity contribution in [2.24, 2.45) is 7.05 Å². The Morgan fingerprint density at radius 3 is 3.15 bits per heavy atom. The summed E-state index contributed by atoms with van der Waals surface area (Å²) in [5.74, 6) is 0.871. The summed E-state index contributed by atoms with van der Waals surface area (Å²) in [6, 6.07) is 1.93. The summed E-state index contributed by atoms with van der Waals surface area (Å²) in [5.41, 5.74) is 0. The van der Waals surface area contributed by atoms with Gasteiger partial charge in [-0.25, -0.2) is 0 Å². The Balaban J connectivity index is 1.93. The molecule has 0 amide bonds. The maximum Gasteiger partial charge on any atom is 0.148 e. The van der Waals surface area contributed by atoms with E-state index in [0.717, 1.165) is 17.2 Å². The summed E-state index contributed by atoms with van der Waals surface area (Å²) in [4.78, 5) is 1.10. The molecule has 6 heteroatoms. The van der Waals surface area contributed by atoms with Crippen LogP contribution in [0.15, 0.2) is 18.5 Å². The normalized spacial score (nSPS) is 10.2. The van der Waals surface area contributed by atoms with Crippen LogP contribution in [0.2, 0.25) is 0 Å². The molecule has 0 aliphatic carbocycles. The minimum absolute atomic E-state index is 0.731. The standard InChI is InChI=1S/C7H9N5S/c1-12-3-2-7(10-12)8-4-6-5-9-11-13-6/h2-3,5H,4H2,1H3,(H,8,10). The Morgan fingerprint density at radius 1 is 1.62 bits per heavy atom. The van der Waals surface area contributed by atoms with Gasteiger partial charge in [-0.3, -0.25) is 4.68 Å². The quantitative estimate of drug-likeness (QED) is 0.790. The van der Waals surface area contributed by atoms with Gasteiger partial charge in [0.05, 0.1) is 17.6 Å². The lowest BCUT2D eigenvalue weighted by Crippen LogP contribution is -1.98. The van der Waals surface area contributed by atoms with E-state index in [1.165, 1.54) is 11.5 Å². The summed E-state index contributed by atoms with van der Waals surface area (Å²) in [6.07, 6.45) is 3.65. The van der Waals surface area contributed by atoms with Crippen LogP contribution in [0.3, 0.4) is 0 Å². The molecule has 0 fully saturated rings. The smallest absolute Gasteiger partial charge is 0.148 e. The zero-order chi connectivity index (χ0) is 9.10. The number of rotatable bonds is 3. The molecule has 0 saturated carbocycles. The van der Waals surface area contributed by atoms with Crippen molar-refractivity contribution in [3.05, 3.63) is 23.3 Å². The van der Waals surface area contributed by atoms with E-state index < -0.39 is 0 Å². The third-order valence-corrected chi connectivity index (χ3v) is 2.22. The molecule has 5 nitrogen and oxygen atoms in total. The van der Waals surface area contributed by atoms with Gasteiger partial charge in [0.1, 0.15) is 5.82 Å². The van der Waals surface area contributed by atoms with E-state index in [2.05, 4.69) is 20.0 Å². The molecule has 0 aliphatic heterocycles. The van der Waals surface area contributed by atoms with Crippen LogP contribution in [-0.4, -0.2) is 19.4 Å². The molecule has 1 N–H and O–H groups in total.